The third-order valence-electron chi connectivity index (χ3n) is 4.06. The maximum atomic E-state index is 6.09. The number of allylic oxidation sites excluding steroid dienone is 3. The van der Waals surface area contributed by atoms with E-state index in [1.54, 1.807) is 6.20 Å². The minimum absolute atomic E-state index is 0.0102. The monoisotopic (exact) mass is 308 g/mol. The summed E-state index contributed by atoms with van der Waals surface area (Å²) in [6.07, 6.45) is 10.8. The Morgan fingerprint density at radius 2 is 2.13 bits per heavy atom. The Hall–Kier alpha value is -1.97. The molecular weight excluding hydrogens is 283 g/mol. The van der Waals surface area contributed by atoms with Crippen LogP contribution in [-0.2, 0) is 0 Å². The van der Waals surface area contributed by atoms with Gasteiger partial charge >= 0.3 is 0 Å². The first-order valence-corrected chi connectivity index (χ1v) is 8.29. The largest absolute Gasteiger partial charge is 0.490 e. The first-order chi connectivity index (χ1) is 11.1. The lowest BCUT2D eigenvalue weighted by molar-refractivity contribution is 0.305. The molecule has 1 fully saturated rings. The molecule has 0 atom stereocenters. The molecule has 4 heteroatoms. The van der Waals surface area contributed by atoms with E-state index in [1.807, 2.05) is 56.2 Å². The summed E-state index contributed by atoms with van der Waals surface area (Å²) in [5.74, 6) is 1.54. The van der Waals surface area contributed by atoms with Crippen molar-refractivity contribution < 1.29 is 4.74 Å². The molecule has 1 aromatic heterocycles. The van der Waals surface area contributed by atoms with Gasteiger partial charge in [-0.1, -0.05) is 44.7 Å². The Balaban J connectivity index is 0.000000924. The Kier molecular flexibility index (Phi) is 5.70. The Morgan fingerprint density at radius 3 is 2.83 bits per heavy atom. The van der Waals surface area contributed by atoms with Crippen LogP contribution in [0.4, 0.5) is 5.82 Å². The van der Waals surface area contributed by atoms with Gasteiger partial charge in [-0.2, -0.15) is 0 Å². The van der Waals surface area contributed by atoms with Crippen molar-refractivity contribution in [1.29, 1.82) is 0 Å². The zero-order valence-electron chi connectivity index (χ0n) is 14.4. The Bertz CT molecular complexity index is 618. The molecule has 0 amide bonds. The molecule has 0 N–H and O–H groups in total. The lowest BCUT2D eigenvalue weighted by Gasteiger charge is -2.26. The van der Waals surface area contributed by atoms with Crippen LogP contribution >= 0.6 is 0 Å². The van der Waals surface area contributed by atoms with Crippen molar-refractivity contribution in [1.82, 2.24) is 4.98 Å². The highest BCUT2D eigenvalue weighted by atomic mass is 16.5. The van der Waals surface area contributed by atoms with Gasteiger partial charge in [0.1, 0.15) is 0 Å². The molecule has 1 saturated carbocycles. The van der Waals surface area contributed by atoms with Gasteiger partial charge in [0, 0.05) is 18.1 Å². The lowest BCUT2D eigenvalue weighted by atomic mass is 9.81. The molecule has 3 rings (SSSR count). The fourth-order valence-electron chi connectivity index (χ4n) is 2.30. The number of hydrogen-bond acceptors (Lipinski definition) is 3. The summed E-state index contributed by atoms with van der Waals surface area (Å²) in [5, 5.41) is 0.0102. The fraction of sp³-hybridized carbons (Fsp3) is 0.421. The van der Waals surface area contributed by atoms with Crippen molar-refractivity contribution in [3.8, 4) is 5.75 Å². The maximum Gasteiger partial charge on any atom is 0.180 e. The summed E-state index contributed by atoms with van der Waals surface area (Å²) in [6, 6.07) is 3.82. The van der Waals surface area contributed by atoms with Crippen molar-refractivity contribution in [3.63, 3.8) is 0 Å². The van der Waals surface area contributed by atoms with Crippen LogP contribution in [0.5, 0.6) is 5.75 Å². The van der Waals surface area contributed by atoms with Gasteiger partial charge in [-0.25, -0.2) is 4.98 Å². The molecule has 0 unspecified atom stereocenters. The van der Waals surface area contributed by atoms with Crippen molar-refractivity contribution in [2.24, 2.45) is 0 Å². The number of ether oxygens (including phenoxy) is 1. The van der Waals surface area contributed by atoms with Gasteiger partial charge in [0.25, 0.3) is 0 Å². The molecule has 3 nitrogen and oxygen atoms in total. The predicted octanol–water partition coefficient (Wildman–Crippen LogP) is 4.79. The van der Waals surface area contributed by atoms with Gasteiger partial charge in [0.05, 0.1) is 14.5 Å². The van der Waals surface area contributed by atoms with E-state index in [-0.39, 0.29) is 5.31 Å². The van der Waals surface area contributed by atoms with Crippen molar-refractivity contribution in [2.75, 3.05) is 11.5 Å². The Morgan fingerprint density at radius 1 is 1.39 bits per heavy atom. The van der Waals surface area contributed by atoms with Crippen LogP contribution in [0.1, 0.15) is 40.0 Å². The Labute approximate surface area is 141 Å². The summed E-state index contributed by atoms with van der Waals surface area (Å²) < 4.78 is 5.91. The van der Waals surface area contributed by atoms with E-state index < -0.39 is 0 Å². The van der Waals surface area contributed by atoms with Gasteiger partial charge in [-0.05, 0) is 37.1 Å². The topological polar surface area (TPSA) is 25.4 Å². The van der Waals surface area contributed by atoms with E-state index in [1.165, 1.54) is 0 Å². The highest BCUT2D eigenvalue weighted by Crippen LogP contribution is 2.53. The minimum atomic E-state index is 0.0102. The van der Waals surface area contributed by atoms with E-state index in [4.69, 9.17) is 12.6 Å². The molecule has 0 spiro atoms. The van der Waals surface area contributed by atoms with Crippen LogP contribution in [0.15, 0.2) is 54.5 Å². The molecule has 1 aliphatic heterocycles. The van der Waals surface area contributed by atoms with Crippen molar-refractivity contribution in [3.05, 3.63) is 54.5 Å². The molecule has 2 aliphatic rings. The van der Waals surface area contributed by atoms with Gasteiger partial charge in [0.15, 0.2) is 11.6 Å². The van der Waals surface area contributed by atoms with Crippen LogP contribution in [0, 0.1) is 0 Å². The quantitative estimate of drug-likeness (QED) is 0.731. The van der Waals surface area contributed by atoms with Crippen LogP contribution in [-0.4, -0.2) is 19.4 Å². The predicted molar refractivity (Wildman–Crippen MR) is 97.9 cm³/mol. The minimum Gasteiger partial charge on any atom is -0.490 e. The molecule has 0 saturated heterocycles. The van der Waals surface area contributed by atoms with E-state index in [2.05, 4.69) is 11.6 Å². The van der Waals surface area contributed by atoms with E-state index in [0.29, 0.717) is 6.61 Å². The lowest BCUT2D eigenvalue weighted by Crippen LogP contribution is -2.19. The average molecular weight is 308 g/mol. The van der Waals surface area contributed by atoms with Gasteiger partial charge in [-0.3, -0.25) is 4.90 Å². The first kappa shape index (κ1) is 17.4. The molecule has 0 aromatic carbocycles. The number of pyridine rings is 1. The number of anilines is 1. The fourth-order valence-corrected chi connectivity index (χ4v) is 2.30. The maximum absolute atomic E-state index is 6.09. The van der Waals surface area contributed by atoms with Gasteiger partial charge in [0.2, 0.25) is 0 Å². The smallest absolute Gasteiger partial charge is 0.180 e. The number of rotatable bonds is 5. The molecule has 120 valence electrons. The molecule has 2 radical (unpaired) electrons. The third kappa shape index (κ3) is 4.28. The number of nitrogens with zero attached hydrogens (tertiary/aromatic N) is 2. The standard InChI is InChI=1S/C17H19BN2O.C2H6/c1-13-5-4-11-20(14(13)2)16-15(6-3-10-19-16)21-12-9-17(18)7-8-17;1-2/h3-6,10-11H,2,7-9,12H2,1H3;1-2H3. The second-order valence-corrected chi connectivity index (χ2v) is 5.79. The first-order valence-electron chi connectivity index (χ1n) is 8.29. The molecule has 1 aromatic rings. The van der Waals surface area contributed by atoms with Crippen molar-refractivity contribution in [2.45, 2.75) is 45.3 Å². The van der Waals surface area contributed by atoms with E-state index in [0.717, 1.165) is 42.1 Å². The molecule has 0 bridgehead atoms. The highest BCUT2D eigenvalue weighted by molar-refractivity contribution is 6.17. The number of hydrogen-bond donors (Lipinski definition) is 0. The molecule has 23 heavy (non-hydrogen) atoms. The highest BCUT2D eigenvalue weighted by Gasteiger charge is 2.36. The zero-order valence-corrected chi connectivity index (χ0v) is 14.4. The molecule has 2 heterocycles. The van der Waals surface area contributed by atoms with Gasteiger partial charge in [-0.15, -0.1) is 0 Å². The van der Waals surface area contributed by atoms with Gasteiger partial charge < -0.3 is 4.74 Å². The third-order valence-corrected chi connectivity index (χ3v) is 4.06. The van der Waals surface area contributed by atoms with E-state index >= 15 is 0 Å². The van der Waals surface area contributed by atoms with Crippen LogP contribution in [0.2, 0.25) is 5.31 Å². The summed E-state index contributed by atoms with van der Waals surface area (Å²) in [6.45, 7) is 10.8. The normalized spacial score (nSPS) is 18.0. The molecular formula is C19H25BN2O. The summed E-state index contributed by atoms with van der Waals surface area (Å²) in [5.41, 5.74) is 2.03. The van der Waals surface area contributed by atoms with Crippen molar-refractivity contribution >= 4 is 13.7 Å². The van der Waals surface area contributed by atoms with E-state index in [9.17, 15) is 0 Å². The zero-order chi connectivity index (χ0) is 16.9. The summed E-state index contributed by atoms with van der Waals surface area (Å²) in [4.78, 5) is 6.41. The van der Waals surface area contributed by atoms with Crippen LogP contribution in [0.3, 0.4) is 0 Å². The second-order valence-electron chi connectivity index (χ2n) is 5.79. The molecule has 1 aliphatic carbocycles. The average Bonchev–Trinajstić information content (AvgIpc) is 3.30. The second kappa shape index (κ2) is 7.54. The summed E-state index contributed by atoms with van der Waals surface area (Å²) >= 11 is 0. The number of aromatic nitrogens is 1. The van der Waals surface area contributed by atoms with Crippen LogP contribution < -0.4 is 9.64 Å². The summed E-state index contributed by atoms with van der Waals surface area (Å²) in [7, 11) is 6.09. The SMILES string of the molecule is CC.[B]C1(CCOc2cccnc2N2C=CC=C(C)C2=C)CC1. The van der Waals surface area contributed by atoms with Crippen LogP contribution in [0.25, 0.3) is 0 Å².